The van der Waals surface area contributed by atoms with Crippen molar-refractivity contribution < 1.29 is 19.4 Å². The van der Waals surface area contributed by atoms with Crippen LogP contribution in [-0.2, 0) is 14.3 Å². The quantitative estimate of drug-likeness (QED) is 0.612. The topological polar surface area (TPSA) is 75.6 Å². The normalized spacial score (nSPS) is 12.5. The second-order valence-corrected chi connectivity index (χ2v) is 4.20. The van der Waals surface area contributed by atoms with Crippen LogP contribution in [0.5, 0.6) is 0 Å². The molecule has 0 aliphatic rings. The van der Waals surface area contributed by atoms with Gasteiger partial charge in [0.05, 0.1) is 6.61 Å². The highest BCUT2D eigenvalue weighted by Gasteiger charge is 2.17. The maximum absolute atomic E-state index is 10.7. The lowest BCUT2D eigenvalue weighted by Gasteiger charge is -2.13. The minimum atomic E-state index is -1.07. The number of nitrogens with one attached hydrogen (secondary N) is 1. The molecule has 5 nitrogen and oxygen atoms in total. The van der Waals surface area contributed by atoms with Gasteiger partial charge in [-0.25, -0.2) is 4.79 Å². The van der Waals surface area contributed by atoms with Crippen LogP contribution in [0.25, 0.3) is 0 Å². The molecule has 0 rings (SSSR count). The molecular weight excluding hydrogens is 210 g/mol. The smallest absolute Gasteiger partial charge is 0.328 e. The molecule has 1 unspecified atom stereocenters. The average Bonchev–Trinajstić information content (AvgIpc) is 2.14. The van der Waals surface area contributed by atoms with Gasteiger partial charge in [-0.2, -0.15) is 0 Å². The third-order valence-electron chi connectivity index (χ3n) is 2.03. The third kappa shape index (κ3) is 8.23. The van der Waals surface area contributed by atoms with Crippen molar-refractivity contribution in [2.24, 2.45) is 5.92 Å². The van der Waals surface area contributed by atoms with Gasteiger partial charge in [-0.05, 0) is 18.8 Å². The Morgan fingerprint density at radius 3 is 2.44 bits per heavy atom. The van der Waals surface area contributed by atoms with Crippen LogP contribution in [0.15, 0.2) is 0 Å². The molecule has 16 heavy (non-hydrogen) atoms. The van der Waals surface area contributed by atoms with E-state index in [4.69, 9.17) is 9.84 Å². The highest BCUT2D eigenvalue weighted by molar-refractivity contribution is 5.82. The maximum Gasteiger partial charge on any atom is 0.328 e. The summed E-state index contributed by atoms with van der Waals surface area (Å²) >= 11 is 0. The number of carboxylic acid groups (broad SMARTS) is 1. The minimum absolute atomic E-state index is 0.0208. The Bertz CT molecular complexity index is 228. The summed E-state index contributed by atoms with van der Waals surface area (Å²) in [6.45, 7) is 6.08. The molecule has 1 amide bonds. The lowest BCUT2D eigenvalue weighted by molar-refractivity contribution is -0.143. The number of carbonyl (C=O) groups excluding carboxylic acids is 1. The lowest BCUT2D eigenvalue weighted by atomic mass is 10.1. The lowest BCUT2D eigenvalue weighted by Crippen LogP contribution is -2.43. The van der Waals surface area contributed by atoms with Crippen molar-refractivity contribution in [2.75, 3.05) is 13.2 Å². The molecule has 0 aliphatic carbocycles. The number of rotatable bonds is 8. The van der Waals surface area contributed by atoms with E-state index in [1.807, 2.05) is 0 Å². The first-order valence-electron chi connectivity index (χ1n) is 5.51. The van der Waals surface area contributed by atoms with Crippen molar-refractivity contribution in [1.29, 1.82) is 0 Å². The zero-order valence-electron chi connectivity index (χ0n) is 10.2. The third-order valence-corrected chi connectivity index (χ3v) is 2.03. The van der Waals surface area contributed by atoms with E-state index in [0.29, 0.717) is 12.5 Å². The summed E-state index contributed by atoms with van der Waals surface area (Å²) in [5, 5.41) is 11.1. The van der Waals surface area contributed by atoms with Gasteiger partial charge >= 0.3 is 5.97 Å². The van der Waals surface area contributed by atoms with Gasteiger partial charge in [0.2, 0.25) is 5.91 Å². The monoisotopic (exact) mass is 231 g/mol. The number of carbonyl (C=O) groups is 2. The zero-order chi connectivity index (χ0) is 12.6. The second kappa shape index (κ2) is 8.10. The SMILES string of the molecule is CC(=O)NC(COCCCC(C)C)C(=O)O. The number of hydrogen-bond acceptors (Lipinski definition) is 3. The molecule has 2 N–H and O–H groups in total. The molecule has 0 fully saturated rings. The number of aliphatic carboxylic acids is 1. The predicted molar refractivity (Wildman–Crippen MR) is 60.1 cm³/mol. The summed E-state index contributed by atoms with van der Waals surface area (Å²) in [5.74, 6) is -0.813. The Labute approximate surface area is 96.2 Å². The molecular formula is C11H21NO4. The van der Waals surface area contributed by atoms with E-state index in [1.165, 1.54) is 6.92 Å². The molecule has 0 aromatic carbocycles. The summed E-state index contributed by atoms with van der Waals surface area (Å²) in [7, 11) is 0. The summed E-state index contributed by atoms with van der Waals surface area (Å²) in [4.78, 5) is 21.4. The molecule has 0 aromatic rings. The van der Waals surface area contributed by atoms with Crippen LogP contribution in [-0.4, -0.2) is 36.2 Å². The summed E-state index contributed by atoms with van der Waals surface area (Å²) < 4.78 is 5.21. The van der Waals surface area contributed by atoms with Crippen LogP contribution < -0.4 is 5.32 Å². The fourth-order valence-corrected chi connectivity index (χ4v) is 1.21. The molecule has 0 spiro atoms. The van der Waals surface area contributed by atoms with Crippen molar-refractivity contribution >= 4 is 11.9 Å². The Hall–Kier alpha value is -1.10. The van der Waals surface area contributed by atoms with Gasteiger partial charge in [-0.3, -0.25) is 4.79 Å². The van der Waals surface area contributed by atoms with Crippen LogP contribution >= 0.6 is 0 Å². The van der Waals surface area contributed by atoms with Crippen molar-refractivity contribution in [3.05, 3.63) is 0 Å². The highest BCUT2D eigenvalue weighted by Crippen LogP contribution is 2.03. The summed E-state index contributed by atoms with van der Waals surface area (Å²) in [6.07, 6.45) is 1.96. The van der Waals surface area contributed by atoms with E-state index in [0.717, 1.165) is 12.8 Å². The summed E-state index contributed by atoms with van der Waals surface area (Å²) in [5.41, 5.74) is 0. The van der Waals surface area contributed by atoms with E-state index in [-0.39, 0.29) is 12.5 Å². The first-order chi connectivity index (χ1) is 7.43. The molecule has 5 heteroatoms. The molecule has 0 saturated heterocycles. The Morgan fingerprint density at radius 1 is 1.38 bits per heavy atom. The standard InChI is InChI=1S/C11H21NO4/c1-8(2)5-4-6-16-7-10(11(14)15)12-9(3)13/h8,10H,4-7H2,1-3H3,(H,12,13)(H,14,15). The molecule has 0 heterocycles. The molecule has 1 atom stereocenters. The van der Waals surface area contributed by atoms with E-state index in [1.54, 1.807) is 0 Å². The first-order valence-corrected chi connectivity index (χ1v) is 5.51. The van der Waals surface area contributed by atoms with Gasteiger partial charge in [-0.1, -0.05) is 13.8 Å². The van der Waals surface area contributed by atoms with Gasteiger partial charge in [0.15, 0.2) is 6.04 Å². The van der Waals surface area contributed by atoms with Crippen LogP contribution in [0.1, 0.15) is 33.6 Å². The van der Waals surface area contributed by atoms with Crippen molar-refractivity contribution in [2.45, 2.75) is 39.7 Å². The number of ether oxygens (including phenoxy) is 1. The average molecular weight is 231 g/mol. The van der Waals surface area contributed by atoms with Crippen molar-refractivity contribution in [3.63, 3.8) is 0 Å². The molecule has 0 bridgehead atoms. The fourth-order valence-electron chi connectivity index (χ4n) is 1.21. The van der Waals surface area contributed by atoms with Crippen molar-refractivity contribution in [3.8, 4) is 0 Å². The largest absolute Gasteiger partial charge is 0.480 e. The van der Waals surface area contributed by atoms with Crippen LogP contribution in [0.4, 0.5) is 0 Å². The number of hydrogen-bond donors (Lipinski definition) is 2. The first kappa shape index (κ1) is 14.9. The minimum Gasteiger partial charge on any atom is -0.480 e. The molecule has 0 aliphatic heterocycles. The molecule has 0 radical (unpaired) electrons. The highest BCUT2D eigenvalue weighted by atomic mass is 16.5. The van der Waals surface area contributed by atoms with Crippen LogP contribution in [0.3, 0.4) is 0 Å². The van der Waals surface area contributed by atoms with Crippen LogP contribution in [0.2, 0.25) is 0 Å². The van der Waals surface area contributed by atoms with Gasteiger partial charge in [0.25, 0.3) is 0 Å². The van der Waals surface area contributed by atoms with Crippen molar-refractivity contribution in [1.82, 2.24) is 5.32 Å². The van der Waals surface area contributed by atoms with Gasteiger partial charge < -0.3 is 15.2 Å². The molecule has 0 saturated carbocycles. The Balaban J connectivity index is 3.69. The zero-order valence-corrected chi connectivity index (χ0v) is 10.2. The van der Waals surface area contributed by atoms with E-state index >= 15 is 0 Å². The fraction of sp³-hybridized carbons (Fsp3) is 0.818. The van der Waals surface area contributed by atoms with Crippen LogP contribution in [0, 0.1) is 5.92 Å². The Morgan fingerprint density at radius 2 is 2.00 bits per heavy atom. The maximum atomic E-state index is 10.7. The number of carboxylic acids is 1. The van der Waals surface area contributed by atoms with Gasteiger partial charge in [0, 0.05) is 13.5 Å². The molecule has 0 aromatic heterocycles. The Kier molecular flexibility index (Phi) is 7.54. The van der Waals surface area contributed by atoms with E-state index < -0.39 is 12.0 Å². The van der Waals surface area contributed by atoms with E-state index in [2.05, 4.69) is 19.2 Å². The predicted octanol–water partition coefficient (Wildman–Crippen LogP) is 1.03. The van der Waals surface area contributed by atoms with E-state index in [9.17, 15) is 9.59 Å². The number of amides is 1. The van der Waals surface area contributed by atoms with Gasteiger partial charge in [-0.15, -0.1) is 0 Å². The van der Waals surface area contributed by atoms with Gasteiger partial charge in [0.1, 0.15) is 0 Å². The summed E-state index contributed by atoms with van der Waals surface area (Å²) in [6, 6.07) is -0.948. The second-order valence-electron chi connectivity index (χ2n) is 4.20. The molecule has 94 valence electrons.